The molecule has 0 radical (unpaired) electrons. The van der Waals surface area contributed by atoms with E-state index < -0.39 is 10.7 Å². The van der Waals surface area contributed by atoms with Gasteiger partial charge in [0.15, 0.2) is 0 Å². The molecule has 4 heteroatoms. The number of carbonyl (C=O) groups excluding carboxylic acids is 1. The molecule has 0 N–H and O–H groups in total. The van der Waals surface area contributed by atoms with Crippen LogP contribution in [0.3, 0.4) is 0 Å². The Morgan fingerprint density at radius 3 is 2.78 bits per heavy atom. The van der Waals surface area contributed by atoms with E-state index >= 15 is 0 Å². The van der Waals surface area contributed by atoms with Gasteiger partial charge < -0.3 is 4.74 Å². The molecule has 1 rings (SSSR count). The first-order valence-corrected chi connectivity index (χ1v) is 6.33. The van der Waals surface area contributed by atoms with Gasteiger partial charge in [-0.1, -0.05) is 43.0 Å². The minimum atomic E-state index is -0.890. The SMILES string of the molecule is C=CCOC(=O)C(C)(Cc1ccccc1)SC#N. The van der Waals surface area contributed by atoms with Crippen LogP contribution in [0.15, 0.2) is 43.0 Å². The Balaban J connectivity index is 2.83. The van der Waals surface area contributed by atoms with Crippen LogP contribution in [0.5, 0.6) is 0 Å². The molecule has 0 heterocycles. The molecular formula is C14H15NO2S. The molecule has 18 heavy (non-hydrogen) atoms. The largest absolute Gasteiger partial charge is 0.460 e. The van der Waals surface area contributed by atoms with Crippen molar-refractivity contribution in [3.8, 4) is 5.40 Å². The van der Waals surface area contributed by atoms with Crippen molar-refractivity contribution in [2.75, 3.05) is 6.61 Å². The second-order valence-corrected chi connectivity index (χ2v) is 5.26. The van der Waals surface area contributed by atoms with Crippen LogP contribution in [0.1, 0.15) is 12.5 Å². The third-order valence-electron chi connectivity index (χ3n) is 2.42. The van der Waals surface area contributed by atoms with Crippen LogP contribution in [0.4, 0.5) is 0 Å². The zero-order valence-corrected chi connectivity index (χ0v) is 11.1. The summed E-state index contributed by atoms with van der Waals surface area (Å²) in [7, 11) is 0. The molecule has 94 valence electrons. The Hall–Kier alpha value is -1.73. The van der Waals surface area contributed by atoms with Crippen LogP contribution in [-0.4, -0.2) is 17.3 Å². The topological polar surface area (TPSA) is 50.1 Å². The summed E-state index contributed by atoms with van der Waals surface area (Å²) in [5.41, 5.74) is 0.998. The number of ether oxygens (including phenoxy) is 1. The molecule has 1 aromatic carbocycles. The van der Waals surface area contributed by atoms with Crippen LogP contribution in [0, 0.1) is 10.7 Å². The number of hydrogen-bond acceptors (Lipinski definition) is 4. The van der Waals surface area contributed by atoms with E-state index in [4.69, 9.17) is 10.00 Å². The number of esters is 1. The third-order valence-corrected chi connectivity index (χ3v) is 3.27. The lowest BCUT2D eigenvalue weighted by molar-refractivity contribution is -0.144. The molecular weight excluding hydrogens is 246 g/mol. The summed E-state index contributed by atoms with van der Waals surface area (Å²) in [4.78, 5) is 12.0. The lowest BCUT2D eigenvalue weighted by Crippen LogP contribution is -2.35. The molecule has 3 nitrogen and oxygen atoms in total. The lowest BCUT2D eigenvalue weighted by atomic mass is 10.0. The van der Waals surface area contributed by atoms with E-state index in [1.54, 1.807) is 6.92 Å². The quantitative estimate of drug-likeness (QED) is 0.449. The molecule has 0 bridgehead atoms. The van der Waals surface area contributed by atoms with Gasteiger partial charge in [0.05, 0.1) is 0 Å². The number of carbonyl (C=O) groups is 1. The average Bonchev–Trinajstić information content (AvgIpc) is 2.37. The van der Waals surface area contributed by atoms with Crippen molar-refractivity contribution in [1.29, 1.82) is 5.26 Å². The lowest BCUT2D eigenvalue weighted by Gasteiger charge is -2.23. The Morgan fingerprint density at radius 1 is 1.56 bits per heavy atom. The minimum Gasteiger partial charge on any atom is -0.460 e. The minimum absolute atomic E-state index is 0.162. The molecule has 1 atom stereocenters. The van der Waals surface area contributed by atoms with Crippen molar-refractivity contribution in [1.82, 2.24) is 0 Å². The van der Waals surface area contributed by atoms with E-state index in [1.165, 1.54) is 6.08 Å². The van der Waals surface area contributed by atoms with Gasteiger partial charge in [-0.25, -0.2) is 0 Å². The molecule has 0 amide bonds. The van der Waals surface area contributed by atoms with Gasteiger partial charge >= 0.3 is 5.97 Å². The molecule has 1 aromatic rings. The first kappa shape index (κ1) is 14.3. The maximum Gasteiger partial charge on any atom is 0.323 e. The summed E-state index contributed by atoms with van der Waals surface area (Å²) in [5.74, 6) is -0.391. The van der Waals surface area contributed by atoms with Gasteiger partial charge in [-0.15, -0.1) is 0 Å². The Bertz CT molecular complexity index is 453. The summed E-state index contributed by atoms with van der Waals surface area (Å²) in [6.07, 6.45) is 1.97. The highest BCUT2D eigenvalue weighted by molar-refractivity contribution is 8.05. The van der Waals surface area contributed by atoms with Crippen molar-refractivity contribution >= 4 is 17.7 Å². The van der Waals surface area contributed by atoms with Crippen molar-refractivity contribution < 1.29 is 9.53 Å². The molecule has 0 aliphatic heterocycles. The molecule has 0 aliphatic rings. The van der Waals surface area contributed by atoms with Crippen LogP contribution in [0.25, 0.3) is 0 Å². The number of rotatable bonds is 6. The monoisotopic (exact) mass is 261 g/mol. The molecule has 0 saturated heterocycles. The summed E-state index contributed by atoms with van der Waals surface area (Å²) in [5, 5.41) is 10.8. The van der Waals surface area contributed by atoms with Crippen LogP contribution in [-0.2, 0) is 16.0 Å². The highest BCUT2D eigenvalue weighted by Crippen LogP contribution is 2.30. The molecule has 0 spiro atoms. The van der Waals surface area contributed by atoms with Crippen molar-refractivity contribution in [2.24, 2.45) is 0 Å². The molecule has 0 aromatic heterocycles. The summed E-state index contributed by atoms with van der Waals surface area (Å²) >= 11 is 0.929. The fraction of sp³-hybridized carbons (Fsp3) is 0.286. The fourth-order valence-corrected chi connectivity index (χ4v) is 2.11. The first-order valence-electron chi connectivity index (χ1n) is 5.51. The van der Waals surface area contributed by atoms with E-state index in [-0.39, 0.29) is 6.61 Å². The van der Waals surface area contributed by atoms with Gasteiger partial charge in [0.1, 0.15) is 16.8 Å². The highest BCUT2D eigenvalue weighted by atomic mass is 32.2. The van der Waals surface area contributed by atoms with Crippen LogP contribution in [0.2, 0.25) is 0 Å². The Kier molecular flexibility index (Phi) is 5.47. The fourth-order valence-electron chi connectivity index (χ4n) is 1.52. The van der Waals surface area contributed by atoms with Crippen LogP contribution >= 0.6 is 11.8 Å². The van der Waals surface area contributed by atoms with Crippen molar-refractivity contribution in [3.63, 3.8) is 0 Å². The van der Waals surface area contributed by atoms with Gasteiger partial charge in [0.2, 0.25) is 0 Å². The maximum atomic E-state index is 12.0. The van der Waals surface area contributed by atoms with E-state index in [1.807, 2.05) is 35.7 Å². The second-order valence-electron chi connectivity index (χ2n) is 3.97. The van der Waals surface area contributed by atoms with E-state index in [0.717, 1.165) is 17.3 Å². The standard InChI is InChI=1S/C14H15NO2S/c1-3-9-17-13(16)14(2,18-11-15)10-12-7-5-4-6-8-12/h3-8H,1,9-10H2,2H3. The van der Waals surface area contributed by atoms with E-state index in [2.05, 4.69) is 6.58 Å². The number of hydrogen-bond donors (Lipinski definition) is 0. The number of nitrogens with zero attached hydrogens (tertiary/aromatic N) is 1. The van der Waals surface area contributed by atoms with Crippen LogP contribution < -0.4 is 0 Å². The van der Waals surface area contributed by atoms with Gasteiger partial charge in [0.25, 0.3) is 0 Å². The van der Waals surface area contributed by atoms with Gasteiger partial charge in [-0.3, -0.25) is 4.79 Å². The number of thioether (sulfide) groups is 1. The highest BCUT2D eigenvalue weighted by Gasteiger charge is 2.36. The predicted molar refractivity (Wildman–Crippen MR) is 72.9 cm³/mol. The average molecular weight is 261 g/mol. The number of benzene rings is 1. The molecule has 1 unspecified atom stereocenters. The van der Waals surface area contributed by atoms with E-state index in [0.29, 0.717) is 6.42 Å². The first-order chi connectivity index (χ1) is 8.62. The molecule has 0 aliphatic carbocycles. The molecule has 0 saturated carbocycles. The zero-order chi connectivity index (χ0) is 13.4. The summed E-state index contributed by atoms with van der Waals surface area (Å²) in [6.45, 7) is 5.38. The normalized spacial score (nSPS) is 13.1. The number of thiocyanates is 1. The summed E-state index contributed by atoms with van der Waals surface area (Å²) < 4.78 is 4.16. The molecule has 0 fully saturated rings. The van der Waals surface area contributed by atoms with Gasteiger partial charge in [0, 0.05) is 0 Å². The van der Waals surface area contributed by atoms with Gasteiger partial charge in [-0.05, 0) is 30.7 Å². The van der Waals surface area contributed by atoms with E-state index in [9.17, 15) is 4.79 Å². The third kappa shape index (κ3) is 3.94. The van der Waals surface area contributed by atoms with Gasteiger partial charge in [-0.2, -0.15) is 5.26 Å². The Morgan fingerprint density at radius 2 is 2.22 bits per heavy atom. The Labute approximate surface area is 111 Å². The summed E-state index contributed by atoms with van der Waals surface area (Å²) in [6, 6.07) is 9.58. The smallest absolute Gasteiger partial charge is 0.323 e. The maximum absolute atomic E-state index is 12.0. The van der Waals surface area contributed by atoms with Crippen molar-refractivity contribution in [2.45, 2.75) is 18.1 Å². The second kappa shape index (κ2) is 6.87. The van der Waals surface area contributed by atoms with Crippen molar-refractivity contribution in [3.05, 3.63) is 48.6 Å². The number of nitriles is 1. The zero-order valence-electron chi connectivity index (χ0n) is 10.3. The predicted octanol–water partition coefficient (Wildman–Crippen LogP) is 2.93.